The van der Waals surface area contributed by atoms with Gasteiger partial charge >= 0.3 is 17.5 Å². The lowest BCUT2D eigenvalue weighted by Crippen LogP contribution is -2.41. The second-order valence-electron chi connectivity index (χ2n) is 18.5. The molecule has 21 nitrogen and oxygen atoms in total. The van der Waals surface area contributed by atoms with Gasteiger partial charge in [0.15, 0.2) is 11.2 Å². The van der Waals surface area contributed by atoms with E-state index in [1.165, 1.54) is 18.3 Å². The van der Waals surface area contributed by atoms with Crippen LogP contribution in [0, 0.1) is 0 Å². The molecule has 11 N–H and O–H groups in total. The van der Waals surface area contributed by atoms with Crippen molar-refractivity contribution >= 4 is 133 Å². The van der Waals surface area contributed by atoms with Crippen LogP contribution in [-0.4, -0.2) is 93.9 Å². The Balaban J connectivity index is 0.000000128. The fourth-order valence-electron chi connectivity index (χ4n) is 8.65. The number of carboxylic acids is 2. The summed E-state index contributed by atoms with van der Waals surface area (Å²) in [6.45, 7) is 0.231. The van der Waals surface area contributed by atoms with Crippen molar-refractivity contribution in [2.45, 2.75) is 25.4 Å². The lowest BCUT2D eigenvalue weighted by Gasteiger charge is -2.14. The first kappa shape index (κ1) is 50.8. The van der Waals surface area contributed by atoms with Crippen LogP contribution in [0.3, 0.4) is 0 Å². The number of carbonyl (C=O) groups is 3. The van der Waals surface area contributed by atoms with Gasteiger partial charge < -0.3 is 51.5 Å². The topological polar surface area (TPSA) is 328 Å². The summed E-state index contributed by atoms with van der Waals surface area (Å²) < 4.78 is 0. The first-order valence-corrected chi connectivity index (χ1v) is 25.0. The summed E-state index contributed by atoms with van der Waals surface area (Å²) in [7, 11) is 0. The highest BCUT2D eigenvalue weighted by Gasteiger charge is 2.22. The van der Waals surface area contributed by atoms with Crippen molar-refractivity contribution in [2.75, 3.05) is 11.1 Å². The zero-order valence-corrected chi connectivity index (χ0v) is 42.2. The van der Waals surface area contributed by atoms with Crippen LogP contribution < -0.4 is 21.9 Å². The average Bonchev–Trinajstić information content (AvgIpc) is 4.31. The van der Waals surface area contributed by atoms with E-state index >= 15 is 0 Å². The highest BCUT2D eigenvalue weighted by molar-refractivity contribution is 5.97. The molecule has 0 unspecified atom stereocenters. The Morgan fingerprint density at radius 3 is 1.23 bits per heavy atom. The summed E-state index contributed by atoms with van der Waals surface area (Å²) in [6.07, 6.45) is 17.0. The number of aromatic nitrogens is 12. The predicted octanol–water partition coefficient (Wildman–Crippen LogP) is 9.27. The number of aromatic amines is 5. The molecular formula is C59H47N15O6. The summed E-state index contributed by atoms with van der Waals surface area (Å²) in [5.74, 6) is -3.16. The van der Waals surface area contributed by atoms with E-state index in [-0.39, 0.29) is 42.1 Å². The number of amides is 1. The fourth-order valence-corrected chi connectivity index (χ4v) is 8.65. The minimum absolute atomic E-state index is 0.0524. The third-order valence-corrected chi connectivity index (χ3v) is 12.4. The number of nitrogens with zero attached hydrogens (tertiary/aromatic N) is 7. The summed E-state index contributed by atoms with van der Waals surface area (Å²) in [4.78, 5) is 92.6. The maximum absolute atomic E-state index is 12.3. The van der Waals surface area contributed by atoms with Gasteiger partial charge in [0.1, 0.15) is 6.04 Å². The number of hydrogen-bond acceptors (Lipinski definition) is 13. The number of rotatable bonds is 9. The largest absolute Gasteiger partial charge is 0.481 e. The maximum atomic E-state index is 12.3. The summed E-state index contributed by atoms with van der Waals surface area (Å²) >= 11 is 0. The van der Waals surface area contributed by atoms with Gasteiger partial charge in [0.2, 0.25) is 5.95 Å². The van der Waals surface area contributed by atoms with Crippen LogP contribution >= 0.6 is 0 Å². The Kier molecular flexibility index (Phi) is 14.3. The van der Waals surface area contributed by atoms with Gasteiger partial charge in [0, 0.05) is 61.8 Å². The molecule has 9 aromatic rings. The van der Waals surface area contributed by atoms with Gasteiger partial charge in [-0.25, -0.2) is 34.7 Å². The quantitative estimate of drug-likeness (QED) is 0.0644. The molecule has 13 rings (SSSR count). The molecular weight excluding hydrogens is 1010 g/mol. The molecule has 4 aliphatic rings. The van der Waals surface area contributed by atoms with E-state index in [2.05, 4.69) is 119 Å². The Morgan fingerprint density at radius 2 is 0.875 bits per heavy atom. The number of carboxylic acid groups (broad SMARTS) is 2. The molecule has 4 aliphatic heterocycles. The molecule has 1 aromatic carbocycles. The smallest absolute Gasteiger partial charge is 0.326 e. The number of nitrogens with two attached hydrogens (primary N) is 1. The first-order chi connectivity index (χ1) is 38.8. The molecule has 0 radical (unpaired) electrons. The van der Waals surface area contributed by atoms with Crippen LogP contribution in [-0.2, 0) is 16.1 Å². The van der Waals surface area contributed by atoms with Gasteiger partial charge in [-0.2, -0.15) is 4.98 Å². The van der Waals surface area contributed by atoms with E-state index in [4.69, 9.17) is 15.9 Å². The number of carbonyl (C=O) groups excluding carboxylic acids is 1. The van der Waals surface area contributed by atoms with Gasteiger partial charge in [-0.1, -0.05) is 0 Å². The van der Waals surface area contributed by atoms with Crippen molar-refractivity contribution in [1.29, 1.82) is 0 Å². The van der Waals surface area contributed by atoms with Crippen molar-refractivity contribution in [3.63, 3.8) is 0 Å². The molecule has 0 aliphatic carbocycles. The van der Waals surface area contributed by atoms with E-state index in [0.717, 1.165) is 89.7 Å². The highest BCUT2D eigenvalue weighted by Crippen LogP contribution is 2.20. The van der Waals surface area contributed by atoms with E-state index in [1.54, 1.807) is 12.1 Å². The molecule has 0 fully saturated rings. The summed E-state index contributed by atoms with van der Waals surface area (Å²) in [5.41, 5.74) is 22.2. The van der Waals surface area contributed by atoms with Crippen LogP contribution in [0.4, 0.5) is 11.6 Å². The molecule has 1 atom stereocenters. The second-order valence-corrected chi connectivity index (χ2v) is 18.5. The summed E-state index contributed by atoms with van der Waals surface area (Å²) in [5, 5.41) is 23.2. The maximum Gasteiger partial charge on any atom is 0.326 e. The Morgan fingerprint density at radius 1 is 0.500 bits per heavy atom. The number of nitrogens with one attached hydrogen (secondary N) is 7. The normalized spacial score (nSPS) is 12.2. The molecule has 394 valence electrons. The standard InChI is InChI=1S/2C20H14N4.C19H19N7O6/c2*1-2-14-10-16-5-6-18(23-16)12-20-8-7-19(24-20)11-17-4-3-15(22-17)9-13(1)21-14;20-19-25-15-14(17(30)26-19)23-11(8-22-15)7-21-10-3-1-9(2-4-10)16(29)24-12(18(31)32)5-6-13(27)28/h2*1-12,21,24H;1-4,8,12,21H,5-7H2,(H,24,29)(H,27,28)(H,31,32)(H3,20,22,25,26,30)/t;;12-/m..0/s1. The van der Waals surface area contributed by atoms with Gasteiger partial charge in [-0.05, 0) is 176 Å². The number of fused-ring (bicyclic) bond motifs is 17. The molecule has 16 bridgehead atoms. The van der Waals surface area contributed by atoms with E-state index in [9.17, 15) is 19.2 Å². The van der Waals surface area contributed by atoms with Crippen LogP contribution in [0.2, 0.25) is 0 Å². The number of benzene rings is 1. The van der Waals surface area contributed by atoms with Gasteiger partial charge in [0.25, 0.3) is 5.91 Å². The Hall–Kier alpha value is -11.4. The molecule has 21 heteroatoms. The number of H-pyrrole nitrogens is 5. The molecule has 8 aromatic heterocycles. The van der Waals surface area contributed by atoms with E-state index in [0.29, 0.717) is 11.4 Å². The third-order valence-electron chi connectivity index (χ3n) is 12.4. The first-order valence-electron chi connectivity index (χ1n) is 25.0. The van der Waals surface area contributed by atoms with Gasteiger partial charge in [0.05, 0.1) is 64.0 Å². The monoisotopic (exact) mass is 1060 g/mol. The highest BCUT2D eigenvalue weighted by atomic mass is 16.4. The van der Waals surface area contributed by atoms with Crippen molar-refractivity contribution in [2.24, 2.45) is 0 Å². The van der Waals surface area contributed by atoms with E-state index < -0.39 is 29.4 Å². The van der Waals surface area contributed by atoms with Crippen LogP contribution in [0.25, 0.3) is 104 Å². The second kappa shape index (κ2) is 22.5. The lowest BCUT2D eigenvalue weighted by molar-refractivity contribution is -0.140. The van der Waals surface area contributed by atoms with Crippen LogP contribution in [0.5, 0.6) is 0 Å². The number of anilines is 2. The van der Waals surface area contributed by atoms with Crippen molar-refractivity contribution in [1.82, 2.24) is 65.1 Å². The van der Waals surface area contributed by atoms with E-state index in [1.807, 2.05) is 97.1 Å². The zero-order valence-electron chi connectivity index (χ0n) is 42.2. The van der Waals surface area contributed by atoms with Crippen LogP contribution in [0.1, 0.15) is 74.4 Å². The van der Waals surface area contributed by atoms with Crippen molar-refractivity contribution in [3.05, 3.63) is 195 Å². The molecule has 0 saturated heterocycles. The average molecular weight is 1060 g/mol. The minimum atomic E-state index is -1.31. The molecule has 80 heavy (non-hydrogen) atoms. The van der Waals surface area contributed by atoms with Crippen molar-refractivity contribution in [3.8, 4) is 0 Å². The minimum Gasteiger partial charge on any atom is -0.481 e. The molecule has 0 spiro atoms. The molecule has 12 heterocycles. The summed E-state index contributed by atoms with van der Waals surface area (Å²) in [6, 6.07) is 37.6. The Bertz CT molecular complexity index is 3910. The molecule has 0 saturated carbocycles. The number of aliphatic carboxylic acids is 2. The predicted molar refractivity (Wildman–Crippen MR) is 310 cm³/mol. The molecule has 1 amide bonds. The van der Waals surface area contributed by atoms with Gasteiger partial charge in [-0.3, -0.25) is 14.4 Å². The third kappa shape index (κ3) is 12.8. The fraction of sp³-hybridized carbons (Fsp3) is 0.0678. The number of nitrogen functional groups attached to an aromatic ring is 1. The SMILES string of the molecule is C1=Cc2cc3ccc(cc4nc(cc5ccc(cc1n2)[nH]5)C=C4)[nH]3.C1=Cc2cc3ccc(cc4nc(cc5ccc(cc1n2)[nH]5)C=C4)[nH]3.Nc1nc(=O)c2nc(CNc3ccc(C(=O)N[C@@H](CCC(=O)O)C(=O)O)cc3)cnc2[nH]1. The van der Waals surface area contributed by atoms with Crippen molar-refractivity contribution < 1.29 is 24.6 Å². The number of hydrogen-bond donors (Lipinski definition) is 10. The van der Waals surface area contributed by atoms with Gasteiger partial charge in [-0.15, -0.1) is 0 Å². The zero-order chi connectivity index (χ0) is 55.1. The Labute approximate surface area is 452 Å². The van der Waals surface area contributed by atoms with Crippen LogP contribution in [0.15, 0.2) is 132 Å². The lowest BCUT2D eigenvalue weighted by atomic mass is 10.1.